The molecule has 2 heterocycles. The SMILES string of the molecule is CC(C)CN1CCC(NC(=O)c2ccc3[nH]ncc3c2)CC1. The second-order valence-electron chi connectivity index (χ2n) is 6.61. The van der Waals surface area contributed by atoms with E-state index >= 15 is 0 Å². The highest BCUT2D eigenvalue weighted by atomic mass is 16.1. The lowest BCUT2D eigenvalue weighted by molar-refractivity contribution is 0.0907. The topological polar surface area (TPSA) is 61.0 Å². The summed E-state index contributed by atoms with van der Waals surface area (Å²) >= 11 is 0. The zero-order valence-electron chi connectivity index (χ0n) is 13.3. The van der Waals surface area contributed by atoms with Crippen molar-refractivity contribution in [3.8, 4) is 0 Å². The number of likely N-dealkylation sites (tertiary alicyclic amines) is 1. The molecule has 2 aromatic rings. The quantitative estimate of drug-likeness (QED) is 0.911. The summed E-state index contributed by atoms with van der Waals surface area (Å²) in [5.74, 6) is 0.721. The van der Waals surface area contributed by atoms with Crippen LogP contribution in [0.15, 0.2) is 24.4 Å². The van der Waals surface area contributed by atoms with Crippen LogP contribution in [0.2, 0.25) is 0 Å². The van der Waals surface area contributed by atoms with E-state index < -0.39 is 0 Å². The van der Waals surface area contributed by atoms with Gasteiger partial charge in [0.2, 0.25) is 0 Å². The summed E-state index contributed by atoms with van der Waals surface area (Å²) in [5.41, 5.74) is 1.66. The van der Waals surface area contributed by atoms with Gasteiger partial charge in [0, 0.05) is 36.6 Å². The first-order valence-corrected chi connectivity index (χ1v) is 8.08. The van der Waals surface area contributed by atoms with Gasteiger partial charge in [0.1, 0.15) is 0 Å². The molecular formula is C17H24N4O. The molecule has 1 amide bonds. The van der Waals surface area contributed by atoms with E-state index in [2.05, 4.69) is 34.3 Å². The molecular weight excluding hydrogens is 276 g/mol. The molecule has 0 bridgehead atoms. The summed E-state index contributed by atoms with van der Waals surface area (Å²) in [6, 6.07) is 5.94. The van der Waals surface area contributed by atoms with E-state index in [1.165, 1.54) is 0 Å². The molecule has 0 unspecified atom stereocenters. The summed E-state index contributed by atoms with van der Waals surface area (Å²) in [7, 11) is 0. The molecule has 0 saturated carbocycles. The number of fused-ring (bicyclic) bond motifs is 1. The molecule has 1 aromatic carbocycles. The van der Waals surface area contributed by atoms with Gasteiger partial charge in [0.15, 0.2) is 0 Å². The highest BCUT2D eigenvalue weighted by molar-refractivity contribution is 5.98. The Morgan fingerprint density at radius 1 is 1.41 bits per heavy atom. The van der Waals surface area contributed by atoms with Gasteiger partial charge in [0.25, 0.3) is 5.91 Å². The molecule has 0 atom stereocenters. The summed E-state index contributed by atoms with van der Waals surface area (Å²) in [6.45, 7) is 7.80. The van der Waals surface area contributed by atoms with E-state index in [0.29, 0.717) is 11.5 Å². The van der Waals surface area contributed by atoms with Crippen molar-refractivity contribution in [1.29, 1.82) is 0 Å². The molecule has 2 N–H and O–H groups in total. The van der Waals surface area contributed by atoms with Crippen molar-refractivity contribution in [2.45, 2.75) is 32.7 Å². The van der Waals surface area contributed by atoms with E-state index in [4.69, 9.17) is 0 Å². The molecule has 5 heteroatoms. The molecule has 22 heavy (non-hydrogen) atoms. The number of carbonyl (C=O) groups excluding carboxylic acids is 1. The van der Waals surface area contributed by atoms with E-state index in [9.17, 15) is 4.79 Å². The minimum atomic E-state index is 0.0189. The van der Waals surface area contributed by atoms with Gasteiger partial charge in [-0.2, -0.15) is 5.10 Å². The van der Waals surface area contributed by atoms with Crippen molar-refractivity contribution >= 4 is 16.8 Å². The number of carbonyl (C=O) groups is 1. The minimum absolute atomic E-state index is 0.0189. The number of hydrogen-bond donors (Lipinski definition) is 2. The van der Waals surface area contributed by atoms with Crippen molar-refractivity contribution in [3.05, 3.63) is 30.0 Å². The average Bonchev–Trinajstić information content (AvgIpc) is 2.96. The number of piperidine rings is 1. The number of nitrogens with zero attached hydrogens (tertiary/aromatic N) is 2. The largest absolute Gasteiger partial charge is 0.349 e. The predicted octanol–water partition coefficient (Wildman–Crippen LogP) is 2.41. The fourth-order valence-corrected chi connectivity index (χ4v) is 3.13. The lowest BCUT2D eigenvalue weighted by atomic mass is 10.0. The number of H-pyrrole nitrogens is 1. The van der Waals surface area contributed by atoms with Gasteiger partial charge < -0.3 is 10.2 Å². The smallest absolute Gasteiger partial charge is 0.251 e. The summed E-state index contributed by atoms with van der Waals surface area (Å²) < 4.78 is 0. The highest BCUT2D eigenvalue weighted by Gasteiger charge is 2.21. The summed E-state index contributed by atoms with van der Waals surface area (Å²) in [4.78, 5) is 14.9. The standard InChI is InChI=1S/C17H24N4O/c1-12(2)11-21-7-5-15(6-8-21)19-17(22)13-3-4-16-14(9-13)10-18-20-16/h3-4,9-10,12,15H,5-8,11H2,1-2H3,(H,18,20)(H,19,22). The van der Waals surface area contributed by atoms with Gasteiger partial charge in [0.05, 0.1) is 11.7 Å². The number of aromatic amines is 1. The van der Waals surface area contributed by atoms with Crippen LogP contribution in [-0.2, 0) is 0 Å². The monoisotopic (exact) mass is 300 g/mol. The van der Waals surface area contributed by atoms with Crippen LogP contribution >= 0.6 is 0 Å². The molecule has 1 aliphatic heterocycles. The number of aromatic nitrogens is 2. The van der Waals surface area contributed by atoms with Crippen molar-refractivity contribution in [2.24, 2.45) is 5.92 Å². The van der Waals surface area contributed by atoms with Crippen LogP contribution in [0.1, 0.15) is 37.0 Å². The highest BCUT2D eigenvalue weighted by Crippen LogP contribution is 2.15. The maximum absolute atomic E-state index is 12.4. The Kier molecular flexibility index (Phi) is 4.43. The van der Waals surface area contributed by atoms with Crippen LogP contribution in [0.3, 0.4) is 0 Å². The molecule has 0 aliphatic carbocycles. The van der Waals surface area contributed by atoms with Gasteiger partial charge in [-0.3, -0.25) is 9.89 Å². The molecule has 3 rings (SSSR count). The maximum Gasteiger partial charge on any atom is 0.251 e. The van der Waals surface area contributed by atoms with Crippen molar-refractivity contribution in [1.82, 2.24) is 20.4 Å². The normalized spacial score (nSPS) is 17.2. The van der Waals surface area contributed by atoms with E-state index in [-0.39, 0.29) is 11.9 Å². The third-order valence-electron chi connectivity index (χ3n) is 4.25. The first kappa shape index (κ1) is 15.0. The number of hydrogen-bond acceptors (Lipinski definition) is 3. The minimum Gasteiger partial charge on any atom is -0.349 e. The zero-order valence-corrected chi connectivity index (χ0v) is 13.3. The Morgan fingerprint density at radius 3 is 2.91 bits per heavy atom. The number of amides is 1. The summed E-state index contributed by atoms with van der Waals surface area (Å²) in [6.07, 6.45) is 3.81. The van der Waals surface area contributed by atoms with Crippen LogP contribution in [0.25, 0.3) is 10.9 Å². The van der Waals surface area contributed by atoms with Crippen LogP contribution < -0.4 is 5.32 Å². The molecule has 118 valence electrons. The van der Waals surface area contributed by atoms with Crippen molar-refractivity contribution in [3.63, 3.8) is 0 Å². The Labute approximate surface area is 131 Å². The van der Waals surface area contributed by atoms with Gasteiger partial charge in [-0.05, 0) is 37.0 Å². The van der Waals surface area contributed by atoms with Gasteiger partial charge in [-0.25, -0.2) is 0 Å². The first-order chi connectivity index (χ1) is 10.6. The Balaban J connectivity index is 1.56. The van der Waals surface area contributed by atoms with Gasteiger partial charge >= 0.3 is 0 Å². The van der Waals surface area contributed by atoms with Crippen LogP contribution in [0.5, 0.6) is 0 Å². The van der Waals surface area contributed by atoms with Crippen molar-refractivity contribution in [2.75, 3.05) is 19.6 Å². The second kappa shape index (κ2) is 6.48. The maximum atomic E-state index is 12.4. The van der Waals surface area contributed by atoms with Crippen LogP contribution in [0.4, 0.5) is 0 Å². The lowest BCUT2D eigenvalue weighted by Gasteiger charge is -2.33. The molecule has 1 fully saturated rings. The number of rotatable bonds is 4. The molecule has 1 aromatic heterocycles. The Morgan fingerprint density at radius 2 is 2.18 bits per heavy atom. The predicted molar refractivity (Wildman–Crippen MR) is 87.9 cm³/mol. The van der Waals surface area contributed by atoms with Gasteiger partial charge in [-0.1, -0.05) is 13.8 Å². The number of benzene rings is 1. The molecule has 5 nitrogen and oxygen atoms in total. The summed E-state index contributed by atoms with van der Waals surface area (Å²) in [5, 5.41) is 11.0. The second-order valence-corrected chi connectivity index (χ2v) is 6.61. The molecule has 0 spiro atoms. The fraction of sp³-hybridized carbons (Fsp3) is 0.529. The third-order valence-corrected chi connectivity index (χ3v) is 4.25. The number of nitrogens with one attached hydrogen (secondary N) is 2. The first-order valence-electron chi connectivity index (χ1n) is 8.08. The third kappa shape index (κ3) is 3.47. The van der Waals surface area contributed by atoms with E-state index in [0.717, 1.165) is 43.4 Å². The Bertz CT molecular complexity index is 641. The van der Waals surface area contributed by atoms with Crippen molar-refractivity contribution < 1.29 is 4.79 Å². The fourth-order valence-electron chi connectivity index (χ4n) is 3.13. The van der Waals surface area contributed by atoms with E-state index in [1.54, 1.807) is 6.20 Å². The molecule has 0 radical (unpaired) electrons. The zero-order chi connectivity index (χ0) is 15.5. The van der Waals surface area contributed by atoms with E-state index in [1.807, 2.05) is 18.2 Å². The average molecular weight is 300 g/mol. The molecule has 1 saturated heterocycles. The van der Waals surface area contributed by atoms with Gasteiger partial charge in [-0.15, -0.1) is 0 Å². The Hall–Kier alpha value is -1.88. The molecule has 1 aliphatic rings. The lowest BCUT2D eigenvalue weighted by Crippen LogP contribution is -2.45. The van der Waals surface area contributed by atoms with Crippen LogP contribution in [0, 0.1) is 5.92 Å². The van der Waals surface area contributed by atoms with Crippen LogP contribution in [-0.4, -0.2) is 46.7 Å².